The van der Waals surface area contributed by atoms with Gasteiger partial charge in [-0.3, -0.25) is 0 Å². The van der Waals surface area contributed by atoms with Gasteiger partial charge >= 0.3 is 0 Å². The van der Waals surface area contributed by atoms with Crippen LogP contribution in [0.3, 0.4) is 0 Å². The first-order valence-electron chi connectivity index (χ1n) is 8.82. The van der Waals surface area contributed by atoms with Gasteiger partial charge in [0.2, 0.25) is 0 Å². The molecule has 0 aromatic rings. The highest BCUT2D eigenvalue weighted by molar-refractivity contribution is 7.91. The number of rotatable bonds is 15. The van der Waals surface area contributed by atoms with Crippen LogP contribution in [-0.2, 0) is 9.84 Å². The molecule has 0 bridgehead atoms. The van der Waals surface area contributed by atoms with Gasteiger partial charge in [-0.2, -0.15) is 0 Å². The van der Waals surface area contributed by atoms with Gasteiger partial charge in [0.1, 0.15) is 9.84 Å². The van der Waals surface area contributed by atoms with E-state index >= 15 is 0 Å². The third kappa shape index (κ3) is 14.4. The van der Waals surface area contributed by atoms with E-state index in [9.17, 15) is 8.42 Å². The molecule has 3 heteroatoms. The zero-order valence-corrected chi connectivity index (χ0v) is 14.6. The largest absolute Gasteiger partial charge is 0.229 e. The molecule has 20 heavy (non-hydrogen) atoms. The summed E-state index contributed by atoms with van der Waals surface area (Å²) in [6, 6.07) is 0. The molecule has 0 heterocycles. The molecule has 0 aromatic heterocycles. The lowest BCUT2D eigenvalue weighted by Gasteiger charge is -2.03. The smallest absolute Gasteiger partial charge is 0.150 e. The summed E-state index contributed by atoms with van der Waals surface area (Å²) in [4.78, 5) is 0. The Morgan fingerprint density at radius 2 is 0.900 bits per heavy atom. The molecule has 0 aromatic carbocycles. The third-order valence-corrected chi connectivity index (χ3v) is 5.79. The minimum absolute atomic E-state index is 0.297. The Kier molecular flexibility index (Phi) is 13.9. The summed E-state index contributed by atoms with van der Waals surface area (Å²) in [6.45, 7) is 4.00. The summed E-state index contributed by atoms with van der Waals surface area (Å²) in [6.07, 6.45) is 16.9. The van der Waals surface area contributed by atoms with Crippen molar-refractivity contribution in [1.82, 2.24) is 0 Å². The van der Waals surface area contributed by atoms with Gasteiger partial charge in [0.15, 0.2) is 0 Å². The van der Waals surface area contributed by atoms with Crippen molar-refractivity contribution in [2.24, 2.45) is 0 Å². The number of hydrogen-bond acceptors (Lipinski definition) is 2. The molecular weight excluding hydrogens is 268 g/mol. The molecule has 0 aliphatic heterocycles. The van der Waals surface area contributed by atoms with E-state index in [1.54, 1.807) is 6.92 Å². The van der Waals surface area contributed by atoms with Gasteiger partial charge in [-0.05, 0) is 6.42 Å². The fraction of sp³-hybridized carbons (Fsp3) is 1.00. The van der Waals surface area contributed by atoms with Crippen LogP contribution >= 0.6 is 0 Å². The fourth-order valence-corrected chi connectivity index (χ4v) is 3.42. The van der Waals surface area contributed by atoms with E-state index in [4.69, 9.17) is 0 Å². The molecule has 2 nitrogen and oxygen atoms in total. The van der Waals surface area contributed by atoms with Crippen LogP contribution in [0.25, 0.3) is 0 Å². The normalized spacial score (nSPS) is 11.9. The van der Waals surface area contributed by atoms with Crippen LogP contribution in [0.5, 0.6) is 0 Å². The van der Waals surface area contributed by atoms with E-state index in [0.29, 0.717) is 11.5 Å². The molecule has 0 saturated carbocycles. The Bertz CT molecular complexity index is 283. The van der Waals surface area contributed by atoms with E-state index in [1.807, 2.05) is 0 Å². The first kappa shape index (κ1) is 19.9. The molecule has 122 valence electrons. The standard InChI is InChI=1S/C17H36O2S/c1-3-5-6-7-8-9-10-11-12-13-14-15-16-17-20(18,19)4-2/h3-17H2,1-2H3. The Balaban J connectivity index is 3.10. The van der Waals surface area contributed by atoms with E-state index < -0.39 is 9.84 Å². The van der Waals surface area contributed by atoms with E-state index in [-0.39, 0.29) is 0 Å². The van der Waals surface area contributed by atoms with Gasteiger partial charge in [0.25, 0.3) is 0 Å². The second-order valence-electron chi connectivity index (χ2n) is 5.98. The predicted molar refractivity (Wildman–Crippen MR) is 90.0 cm³/mol. The van der Waals surface area contributed by atoms with Crippen molar-refractivity contribution in [3.63, 3.8) is 0 Å². The summed E-state index contributed by atoms with van der Waals surface area (Å²) in [5.74, 6) is 0.687. The SMILES string of the molecule is CCCCCCCCCCCCCCCS(=O)(=O)CC. The van der Waals surface area contributed by atoms with Crippen molar-refractivity contribution in [3.8, 4) is 0 Å². The summed E-state index contributed by atoms with van der Waals surface area (Å²) in [5, 5.41) is 0. The van der Waals surface area contributed by atoms with Crippen molar-refractivity contribution in [3.05, 3.63) is 0 Å². The Hall–Kier alpha value is -0.0500. The molecule has 0 spiro atoms. The Morgan fingerprint density at radius 3 is 1.25 bits per heavy atom. The maximum atomic E-state index is 11.3. The van der Waals surface area contributed by atoms with Gasteiger partial charge in [-0.1, -0.05) is 90.9 Å². The third-order valence-electron chi connectivity index (χ3n) is 4.00. The zero-order chi connectivity index (χ0) is 15.1. The molecule has 0 atom stereocenters. The highest BCUT2D eigenvalue weighted by Gasteiger charge is 2.05. The van der Waals surface area contributed by atoms with Crippen molar-refractivity contribution in [2.75, 3.05) is 11.5 Å². The second-order valence-corrected chi connectivity index (χ2v) is 8.45. The lowest BCUT2D eigenvalue weighted by Crippen LogP contribution is -2.08. The predicted octanol–water partition coefficient (Wildman–Crippen LogP) is 5.51. The van der Waals surface area contributed by atoms with Crippen LogP contribution in [0.2, 0.25) is 0 Å². The minimum atomic E-state index is -2.73. The molecule has 0 amide bonds. The first-order chi connectivity index (χ1) is 9.62. The van der Waals surface area contributed by atoms with Gasteiger partial charge in [-0.25, -0.2) is 8.42 Å². The monoisotopic (exact) mass is 304 g/mol. The molecule has 0 unspecified atom stereocenters. The van der Waals surface area contributed by atoms with Crippen LogP contribution in [-0.4, -0.2) is 19.9 Å². The Morgan fingerprint density at radius 1 is 0.550 bits per heavy atom. The van der Waals surface area contributed by atoms with Gasteiger partial charge in [0, 0.05) is 5.75 Å². The van der Waals surface area contributed by atoms with Crippen molar-refractivity contribution < 1.29 is 8.42 Å². The van der Waals surface area contributed by atoms with Crippen LogP contribution in [0.4, 0.5) is 0 Å². The quantitative estimate of drug-likeness (QED) is 0.374. The van der Waals surface area contributed by atoms with Crippen LogP contribution in [0, 0.1) is 0 Å². The first-order valence-corrected chi connectivity index (χ1v) is 10.6. The number of hydrogen-bond donors (Lipinski definition) is 0. The highest BCUT2D eigenvalue weighted by Crippen LogP contribution is 2.12. The number of unbranched alkanes of at least 4 members (excludes halogenated alkanes) is 12. The summed E-state index contributed by atoms with van der Waals surface area (Å²) in [5.41, 5.74) is 0. The van der Waals surface area contributed by atoms with Gasteiger partial charge in [-0.15, -0.1) is 0 Å². The minimum Gasteiger partial charge on any atom is -0.229 e. The van der Waals surface area contributed by atoms with Gasteiger partial charge in [0.05, 0.1) is 5.75 Å². The lowest BCUT2D eigenvalue weighted by molar-refractivity contribution is 0.541. The van der Waals surface area contributed by atoms with E-state index in [1.165, 1.54) is 70.6 Å². The topological polar surface area (TPSA) is 34.1 Å². The molecule has 0 fully saturated rings. The van der Waals surface area contributed by atoms with Crippen LogP contribution in [0.15, 0.2) is 0 Å². The summed E-state index contributed by atoms with van der Waals surface area (Å²) >= 11 is 0. The molecule has 0 aliphatic rings. The molecule has 0 saturated heterocycles. The maximum absolute atomic E-state index is 11.3. The van der Waals surface area contributed by atoms with Crippen molar-refractivity contribution in [1.29, 1.82) is 0 Å². The van der Waals surface area contributed by atoms with Gasteiger partial charge < -0.3 is 0 Å². The number of sulfone groups is 1. The Labute approximate surface area is 127 Å². The second kappa shape index (κ2) is 13.9. The zero-order valence-electron chi connectivity index (χ0n) is 13.8. The van der Waals surface area contributed by atoms with Crippen LogP contribution < -0.4 is 0 Å². The molecule has 0 radical (unpaired) electrons. The fourth-order valence-electron chi connectivity index (χ4n) is 2.48. The maximum Gasteiger partial charge on any atom is 0.150 e. The average Bonchev–Trinajstić information content (AvgIpc) is 2.44. The molecule has 0 aliphatic carbocycles. The van der Waals surface area contributed by atoms with E-state index in [0.717, 1.165) is 12.8 Å². The summed E-state index contributed by atoms with van der Waals surface area (Å²) in [7, 11) is -2.73. The summed E-state index contributed by atoms with van der Waals surface area (Å²) < 4.78 is 22.6. The van der Waals surface area contributed by atoms with Crippen molar-refractivity contribution >= 4 is 9.84 Å². The van der Waals surface area contributed by atoms with Crippen molar-refractivity contribution in [2.45, 2.75) is 97.3 Å². The molecule has 0 rings (SSSR count). The van der Waals surface area contributed by atoms with E-state index in [2.05, 4.69) is 6.92 Å². The highest BCUT2D eigenvalue weighted by atomic mass is 32.2. The molecule has 0 N–H and O–H groups in total. The lowest BCUT2D eigenvalue weighted by atomic mass is 10.1. The van der Waals surface area contributed by atoms with Crippen LogP contribution in [0.1, 0.15) is 97.3 Å². The average molecular weight is 305 g/mol. The molecular formula is C17H36O2S.